The third-order valence-corrected chi connectivity index (χ3v) is 11.9. The Balaban J connectivity index is 0.000000172. The summed E-state index contributed by atoms with van der Waals surface area (Å²) in [6.07, 6.45) is 6.64. The molecule has 0 aromatic heterocycles. The maximum absolute atomic E-state index is 9.75. The molecule has 1 saturated carbocycles. The lowest BCUT2D eigenvalue weighted by Gasteiger charge is -2.32. The molecule has 1 fully saturated rings. The Morgan fingerprint density at radius 2 is 0.625 bits per heavy atom. The molecule has 0 amide bonds. The zero-order valence-corrected chi connectivity index (χ0v) is 32.1. The average molecular weight is 739 g/mol. The van der Waals surface area contributed by atoms with Crippen LogP contribution in [0.25, 0.3) is 11.1 Å². The molecular formula is C52H50O4. The molecule has 7 aromatic rings. The van der Waals surface area contributed by atoms with Crippen molar-refractivity contribution in [3.05, 3.63) is 215 Å². The van der Waals surface area contributed by atoms with Gasteiger partial charge in [0.05, 0.1) is 0 Å². The van der Waals surface area contributed by atoms with Crippen LogP contribution in [-0.2, 0) is 10.8 Å². The first-order valence-electron chi connectivity index (χ1n) is 19.6. The fraction of sp³-hybridized carbons (Fsp3) is 0.192. The van der Waals surface area contributed by atoms with E-state index in [1.807, 2.05) is 66.7 Å². The number of hydrogen-bond donors (Lipinski definition) is 4. The van der Waals surface area contributed by atoms with Crippen LogP contribution in [0, 0.1) is 0 Å². The van der Waals surface area contributed by atoms with E-state index in [0.29, 0.717) is 5.92 Å². The van der Waals surface area contributed by atoms with Gasteiger partial charge in [0.2, 0.25) is 0 Å². The molecule has 4 nitrogen and oxygen atoms in total. The third kappa shape index (κ3) is 8.06. The van der Waals surface area contributed by atoms with Crippen LogP contribution in [0.4, 0.5) is 0 Å². The first kappa shape index (κ1) is 38.0. The molecule has 0 unspecified atom stereocenters. The summed E-state index contributed by atoms with van der Waals surface area (Å²) in [6.45, 7) is 4.38. The Morgan fingerprint density at radius 1 is 0.339 bits per heavy atom. The molecule has 1 aliphatic carbocycles. The van der Waals surface area contributed by atoms with Crippen LogP contribution in [0.1, 0.15) is 90.8 Å². The van der Waals surface area contributed by atoms with Gasteiger partial charge in [0, 0.05) is 10.8 Å². The summed E-state index contributed by atoms with van der Waals surface area (Å²) in [5.74, 6) is 1.72. The van der Waals surface area contributed by atoms with Crippen molar-refractivity contribution in [1.29, 1.82) is 0 Å². The van der Waals surface area contributed by atoms with E-state index in [1.54, 1.807) is 48.5 Å². The van der Waals surface area contributed by atoms with Crippen molar-refractivity contribution in [2.24, 2.45) is 0 Å². The Hall–Kier alpha value is -6.26. The molecular weight excluding hydrogens is 689 g/mol. The molecule has 0 saturated heterocycles. The highest BCUT2D eigenvalue weighted by molar-refractivity contribution is 5.65. The van der Waals surface area contributed by atoms with Gasteiger partial charge in [-0.15, -0.1) is 0 Å². The molecule has 7 aromatic carbocycles. The van der Waals surface area contributed by atoms with Crippen LogP contribution in [-0.4, -0.2) is 20.4 Å². The average Bonchev–Trinajstić information content (AvgIpc) is 3.25. The number of hydrogen-bond acceptors (Lipinski definition) is 4. The van der Waals surface area contributed by atoms with Crippen molar-refractivity contribution in [3.63, 3.8) is 0 Å². The van der Waals surface area contributed by atoms with E-state index in [0.717, 1.165) is 27.8 Å². The van der Waals surface area contributed by atoms with E-state index in [2.05, 4.69) is 74.5 Å². The lowest BCUT2D eigenvalue weighted by molar-refractivity contribution is 0.443. The minimum atomic E-state index is -0.420. The SMILES string of the molecule is CC(c1ccc(O)cc1)(c1ccc(O)cc1)c1ccc(-c2ccccc2)cc1.CC(c1ccc(O)cc1)(c1ccc(O)cc1)c1ccc(C2CCCCC2)cc1. The molecule has 0 heterocycles. The highest BCUT2D eigenvalue weighted by Gasteiger charge is 2.33. The molecule has 1 aliphatic rings. The fourth-order valence-electron chi connectivity index (χ4n) is 8.33. The quantitative estimate of drug-likeness (QED) is 0.117. The summed E-state index contributed by atoms with van der Waals surface area (Å²) < 4.78 is 0. The van der Waals surface area contributed by atoms with Crippen LogP contribution in [0.3, 0.4) is 0 Å². The minimum absolute atomic E-state index is 0.247. The van der Waals surface area contributed by atoms with Crippen molar-refractivity contribution in [2.75, 3.05) is 0 Å². The van der Waals surface area contributed by atoms with E-state index in [9.17, 15) is 20.4 Å². The van der Waals surface area contributed by atoms with Crippen LogP contribution in [0.2, 0.25) is 0 Å². The zero-order chi connectivity index (χ0) is 39.1. The second-order valence-electron chi connectivity index (χ2n) is 15.3. The molecule has 4 N–H and O–H groups in total. The van der Waals surface area contributed by atoms with Gasteiger partial charge in [-0.1, -0.05) is 147 Å². The molecule has 8 rings (SSSR count). The normalized spacial score (nSPS) is 13.4. The van der Waals surface area contributed by atoms with Crippen molar-refractivity contribution >= 4 is 0 Å². The fourth-order valence-corrected chi connectivity index (χ4v) is 8.33. The summed E-state index contributed by atoms with van der Waals surface area (Å²) in [4.78, 5) is 0. The van der Waals surface area contributed by atoms with Gasteiger partial charge >= 0.3 is 0 Å². The first-order valence-corrected chi connectivity index (χ1v) is 19.6. The lowest BCUT2D eigenvalue weighted by Crippen LogP contribution is -2.25. The van der Waals surface area contributed by atoms with Crippen molar-refractivity contribution in [1.82, 2.24) is 0 Å². The van der Waals surface area contributed by atoms with Crippen LogP contribution in [0.15, 0.2) is 176 Å². The maximum atomic E-state index is 9.75. The van der Waals surface area contributed by atoms with Gasteiger partial charge in [0.15, 0.2) is 0 Å². The predicted molar refractivity (Wildman–Crippen MR) is 228 cm³/mol. The summed E-state index contributed by atoms with van der Waals surface area (Å²) in [5, 5.41) is 39.0. The number of benzene rings is 7. The highest BCUT2D eigenvalue weighted by atomic mass is 16.3. The summed E-state index contributed by atoms with van der Waals surface area (Å²) in [5.41, 5.74) is 9.74. The predicted octanol–water partition coefficient (Wildman–Crippen LogP) is 12.6. The maximum Gasteiger partial charge on any atom is 0.115 e. The van der Waals surface area contributed by atoms with E-state index in [1.165, 1.54) is 54.4 Å². The van der Waals surface area contributed by atoms with Crippen LogP contribution >= 0.6 is 0 Å². The topological polar surface area (TPSA) is 80.9 Å². The summed E-state index contributed by atoms with van der Waals surface area (Å²) in [6, 6.07) is 57.6. The van der Waals surface area contributed by atoms with Crippen molar-refractivity contribution < 1.29 is 20.4 Å². The molecule has 56 heavy (non-hydrogen) atoms. The second kappa shape index (κ2) is 16.6. The van der Waals surface area contributed by atoms with Gasteiger partial charge in [0.25, 0.3) is 0 Å². The molecule has 0 radical (unpaired) electrons. The zero-order valence-electron chi connectivity index (χ0n) is 32.1. The Kier molecular flexibility index (Phi) is 11.3. The first-order chi connectivity index (χ1) is 27.1. The van der Waals surface area contributed by atoms with Gasteiger partial charge in [-0.25, -0.2) is 0 Å². The minimum Gasteiger partial charge on any atom is -0.508 e. The number of phenolic OH excluding ortho intramolecular Hbond substituents is 4. The van der Waals surface area contributed by atoms with Crippen molar-refractivity contribution in [2.45, 2.75) is 62.7 Å². The number of aromatic hydroxyl groups is 4. The summed E-state index contributed by atoms with van der Waals surface area (Å²) >= 11 is 0. The lowest BCUT2D eigenvalue weighted by atomic mass is 9.70. The smallest absolute Gasteiger partial charge is 0.115 e. The Bertz CT molecular complexity index is 2200. The molecule has 4 heteroatoms. The molecule has 0 atom stereocenters. The monoisotopic (exact) mass is 738 g/mol. The van der Waals surface area contributed by atoms with Crippen LogP contribution < -0.4 is 0 Å². The Morgan fingerprint density at radius 3 is 0.964 bits per heavy atom. The molecule has 0 spiro atoms. The number of phenols is 4. The van der Waals surface area contributed by atoms with Gasteiger partial charge in [0.1, 0.15) is 23.0 Å². The van der Waals surface area contributed by atoms with Gasteiger partial charge in [-0.3, -0.25) is 0 Å². The number of rotatable bonds is 8. The van der Waals surface area contributed by atoms with Gasteiger partial charge in [-0.2, -0.15) is 0 Å². The van der Waals surface area contributed by atoms with E-state index in [-0.39, 0.29) is 28.4 Å². The van der Waals surface area contributed by atoms with Gasteiger partial charge in [-0.05, 0) is 131 Å². The van der Waals surface area contributed by atoms with E-state index >= 15 is 0 Å². The molecule has 282 valence electrons. The Labute approximate surface area is 331 Å². The summed E-state index contributed by atoms with van der Waals surface area (Å²) in [7, 11) is 0. The second-order valence-corrected chi connectivity index (χ2v) is 15.3. The van der Waals surface area contributed by atoms with Crippen molar-refractivity contribution in [3.8, 4) is 34.1 Å². The molecule has 0 aliphatic heterocycles. The van der Waals surface area contributed by atoms with Crippen LogP contribution in [0.5, 0.6) is 23.0 Å². The van der Waals surface area contributed by atoms with Gasteiger partial charge < -0.3 is 20.4 Å². The van der Waals surface area contributed by atoms with E-state index in [4.69, 9.17) is 0 Å². The third-order valence-electron chi connectivity index (χ3n) is 11.9. The molecule has 0 bridgehead atoms. The standard InChI is InChI=1S/C26H28O2.C26H22O2/c2*1-26(22-11-15-24(27)16-12-22,23-13-17-25(28)18-14-23)21-9-7-20(8-10-21)19-5-3-2-4-6-19/h7-19,27-28H,2-6H2,1H3;2-18,27-28H,1H3. The highest BCUT2D eigenvalue weighted by Crippen LogP contribution is 2.42. The van der Waals surface area contributed by atoms with E-state index < -0.39 is 5.41 Å². The largest absolute Gasteiger partial charge is 0.508 e.